The Hall–Kier alpha value is -3.40. The molecule has 0 saturated heterocycles. The summed E-state index contributed by atoms with van der Waals surface area (Å²) in [5.74, 6) is 1.09. The van der Waals surface area contributed by atoms with Gasteiger partial charge >= 0.3 is 0 Å². The minimum absolute atomic E-state index is 0.0565. The van der Waals surface area contributed by atoms with Gasteiger partial charge in [-0.3, -0.25) is 4.79 Å². The van der Waals surface area contributed by atoms with Crippen molar-refractivity contribution in [2.75, 3.05) is 6.54 Å². The number of nitrogens with zero attached hydrogens (tertiary/aromatic N) is 2. The molecule has 0 radical (unpaired) electrons. The molecule has 31 heavy (non-hydrogen) atoms. The van der Waals surface area contributed by atoms with Gasteiger partial charge in [-0.05, 0) is 48.6 Å². The lowest BCUT2D eigenvalue weighted by Crippen LogP contribution is -2.28. The second-order valence-corrected chi connectivity index (χ2v) is 7.96. The van der Waals surface area contributed by atoms with E-state index in [1.165, 1.54) is 5.56 Å². The SMILES string of the molecule is Cc1ccccc1CC(=O)NCCc1nc2ccccc2n1CCCc1ccccc1. The van der Waals surface area contributed by atoms with Crippen LogP contribution in [0.5, 0.6) is 0 Å². The van der Waals surface area contributed by atoms with Crippen LogP contribution in [0.25, 0.3) is 11.0 Å². The summed E-state index contributed by atoms with van der Waals surface area (Å²) in [7, 11) is 0. The summed E-state index contributed by atoms with van der Waals surface area (Å²) in [6, 6.07) is 26.9. The van der Waals surface area contributed by atoms with Crippen LogP contribution in [0, 0.1) is 6.92 Å². The third kappa shape index (κ3) is 5.40. The minimum atomic E-state index is 0.0565. The van der Waals surface area contributed by atoms with Crippen molar-refractivity contribution in [3.63, 3.8) is 0 Å². The average Bonchev–Trinajstić information content (AvgIpc) is 3.14. The minimum Gasteiger partial charge on any atom is -0.355 e. The van der Waals surface area contributed by atoms with Crippen molar-refractivity contribution >= 4 is 16.9 Å². The number of imidazole rings is 1. The van der Waals surface area contributed by atoms with E-state index in [-0.39, 0.29) is 5.91 Å². The van der Waals surface area contributed by atoms with Crippen molar-refractivity contribution < 1.29 is 4.79 Å². The fraction of sp³-hybridized carbons (Fsp3) is 0.259. The first-order valence-corrected chi connectivity index (χ1v) is 11.0. The average molecular weight is 412 g/mol. The molecule has 1 heterocycles. The summed E-state index contributed by atoms with van der Waals surface area (Å²) in [6.07, 6.45) is 3.23. The van der Waals surface area contributed by atoms with Crippen LogP contribution >= 0.6 is 0 Å². The smallest absolute Gasteiger partial charge is 0.224 e. The Balaban J connectivity index is 1.38. The van der Waals surface area contributed by atoms with Crippen LogP contribution in [-0.4, -0.2) is 22.0 Å². The molecule has 0 atom stereocenters. The highest BCUT2D eigenvalue weighted by Crippen LogP contribution is 2.18. The lowest BCUT2D eigenvalue weighted by atomic mass is 10.1. The van der Waals surface area contributed by atoms with Gasteiger partial charge in [0.25, 0.3) is 0 Å². The van der Waals surface area contributed by atoms with Gasteiger partial charge in [0, 0.05) is 19.5 Å². The monoisotopic (exact) mass is 411 g/mol. The molecule has 4 aromatic rings. The molecule has 158 valence electrons. The molecule has 4 heteroatoms. The Morgan fingerprint density at radius 3 is 2.48 bits per heavy atom. The number of carbonyl (C=O) groups excluding carboxylic acids is 1. The van der Waals surface area contributed by atoms with Crippen molar-refractivity contribution in [3.05, 3.63) is 101 Å². The van der Waals surface area contributed by atoms with Crippen LogP contribution in [0.3, 0.4) is 0 Å². The number of hydrogen-bond acceptors (Lipinski definition) is 2. The van der Waals surface area contributed by atoms with Gasteiger partial charge in [-0.15, -0.1) is 0 Å². The predicted molar refractivity (Wildman–Crippen MR) is 126 cm³/mol. The molecule has 0 fully saturated rings. The van der Waals surface area contributed by atoms with Crippen LogP contribution < -0.4 is 5.32 Å². The predicted octanol–water partition coefficient (Wildman–Crippen LogP) is 4.88. The van der Waals surface area contributed by atoms with Crippen molar-refractivity contribution in [2.24, 2.45) is 0 Å². The van der Waals surface area contributed by atoms with Gasteiger partial charge in [-0.1, -0.05) is 66.7 Å². The third-order valence-corrected chi connectivity index (χ3v) is 5.71. The van der Waals surface area contributed by atoms with Crippen molar-refractivity contribution in [1.29, 1.82) is 0 Å². The van der Waals surface area contributed by atoms with E-state index in [0.29, 0.717) is 13.0 Å². The Kier molecular flexibility index (Phi) is 6.78. The zero-order valence-corrected chi connectivity index (χ0v) is 18.1. The fourth-order valence-electron chi connectivity index (χ4n) is 4.01. The van der Waals surface area contributed by atoms with E-state index in [2.05, 4.69) is 58.4 Å². The van der Waals surface area contributed by atoms with Crippen LogP contribution in [0.2, 0.25) is 0 Å². The standard InChI is InChI=1S/C27H29N3O/c1-21-10-5-6-14-23(21)20-27(31)28-18-17-26-29-24-15-7-8-16-25(24)30(26)19-9-13-22-11-3-2-4-12-22/h2-8,10-12,14-16H,9,13,17-20H2,1H3,(H,28,31). The maximum atomic E-state index is 12.4. The highest BCUT2D eigenvalue weighted by atomic mass is 16.1. The molecule has 1 N–H and O–H groups in total. The summed E-state index contributed by atoms with van der Waals surface area (Å²) in [4.78, 5) is 17.2. The number of benzene rings is 3. The van der Waals surface area contributed by atoms with Gasteiger partial charge in [0.2, 0.25) is 5.91 Å². The third-order valence-electron chi connectivity index (χ3n) is 5.71. The second-order valence-electron chi connectivity index (χ2n) is 7.96. The lowest BCUT2D eigenvalue weighted by Gasteiger charge is -2.11. The van der Waals surface area contributed by atoms with Crippen molar-refractivity contribution in [2.45, 2.75) is 39.2 Å². The number of carbonyl (C=O) groups is 1. The van der Waals surface area contributed by atoms with E-state index in [0.717, 1.165) is 53.8 Å². The molecule has 1 amide bonds. The normalized spacial score (nSPS) is 11.0. The molecule has 1 aromatic heterocycles. The van der Waals surface area contributed by atoms with Crippen LogP contribution in [0.15, 0.2) is 78.9 Å². The number of aryl methyl sites for hydroxylation is 3. The quantitative estimate of drug-likeness (QED) is 0.427. The summed E-state index contributed by atoms with van der Waals surface area (Å²) in [6.45, 7) is 3.55. The number of hydrogen-bond donors (Lipinski definition) is 1. The molecule has 0 saturated carbocycles. The van der Waals surface area contributed by atoms with Gasteiger partial charge in [0.15, 0.2) is 0 Å². The first-order valence-electron chi connectivity index (χ1n) is 11.0. The number of rotatable bonds is 9. The highest BCUT2D eigenvalue weighted by Gasteiger charge is 2.11. The molecule has 3 aromatic carbocycles. The molecule has 4 nitrogen and oxygen atoms in total. The summed E-state index contributed by atoms with van der Waals surface area (Å²) in [5.41, 5.74) is 5.77. The Morgan fingerprint density at radius 2 is 1.65 bits per heavy atom. The van der Waals surface area contributed by atoms with Gasteiger partial charge in [-0.25, -0.2) is 4.98 Å². The maximum Gasteiger partial charge on any atom is 0.224 e. The van der Waals surface area contributed by atoms with Crippen LogP contribution in [0.1, 0.15) is 28.9 Å². The zero-order chi connectivity index (χ0) is 21.5. The molecule has 0 aliphatic rings. The van der Waals surface area contributed by atoms with E-state index >= 15 is 0 Å². The molecular weight excluding hydrogens is 382 g/mol. The van der Waals surface area contributed by atoms with E-state index in [4.69, 9.17) is 4.98 Å². The first kappa shape index (κ1) is 20.9. The summed E-state index contributed by atoms with van der Waals surface area (Å²) < 4.78 is 2.31. The van der Waals surface area contributed by atoms with Crippen LogP contribution in [-0.2, 0) is 30.6 Å². The number of aromatic nitrogens is 2. The highest BCUT2D eigenvalue weighted by molar-refractivity contribution is 5.79. The largest absolute Gasteiger partial charge is 0.355 e. The molecule has 4 rings (SSSR count). The van der Waals surface area contributed by atoms with Gasteiger partial charge in [0.05, 0.1) is 17.5 Å². The number of para-hydroxylation sites is 2. The van der Waals surface area contributed by atoms with Crippen molar-refractivity contribution in [1.82, 2.24) is 14.9 Å². The van der Waals surface area contributed by atoms with Crippen LogP contribution in [0.4, 0.5) is 0 Å². The molecule has 0 spiro atoms. The van der Waals surface area contributed by atoms with E-state index < -0.39 is 0 Å². The second kappa shape index (κ2) is 10.1. The number of nitrogens with one attached hydrogen (secondary N) is 1. The first-order chi connectivity index (χ1) is 15.2. The zero-order valence-electron chi connectivity index (χ0n) is 18.1. The number of amides is 1. The summed E-state index contributed by atoms with van der Waals surface area (Å²) >= 11 is 0. The van der Waals surface area contributed by atoms with E-state index in [1.807, 2.05) is 37.3 Å². The molecule has 0 aliphatic heterocycles. The Labute approximate surface area is 183 Å². The van der Waals surface area contributed by atoms with E-state index in [9.17, 15) is 4.79 Å². The van der Waals surface area contributed by atoms with Gasteiger partial charge in [0.1, 0.15) is 5.82 Å². The molecule has 0 unspecified atom stereocenters. The fourth-order valence-corrected chi connectivity index (χ4v) is 4.01. The lowest BCUT2D eigenvalue weighted by molar-refractivity contribution is -0.120. The molecule has 0 aliphatic carbocycles. The molecular formula is C27H29N3O. The summed E-state index contributed by atoms with van der Waals surface area (Å²) in [5, 5.41) is 3.07. The van der Waals surface area contributed by atoms with E-state index in [1.54, 1.807) is 0 Å². The Morgan fingerprint density at radius 1 is 0.903 bits per heavy atom. The Bertz CT molecular complexity index is 1150. The van der Waals surface area contributed by atoms with Crippen molar-refractivity contribution in [3.8, 4) is 0 Å². The number of fused-ring (bicyclic) bond motifs is 1. The molecule has 0 bridgehead atoms. The van der Waals surface area contributed by atoms with Gasteiger partial charge in [-0.2, -0.15) is 0 Å². The maximum absolute atomic E-state index is 12.4. The van der Waals surface area contributed by atoms with Gasteiger partial charge < -0.3 is 9.88 Å². The topological polar surface area (TPSA) is 46.9 Å².